The molecule has 4 heteroatoms. The van der Waals surface area contributed by atoms with Gasteiger partial charge in [-0.15, -0.1) is 0 Å². The lowest BCUT2D eigenvalue weighted by Gasteiger charge is -2.04. The summed E-state index contributed by atoms with van der Waals surface area (Å²) in [6, 6.07) is 8.17. The molecular weight excluding hydrogens is 253 g/mol. The molecule has 0 amide bonds. The van der Waals surface area contributed by atoms with Crippen molar-refractivity contribution < 1.29 is 18.0 Å². The molecule has 1 nitrogen and oxygen atoms in total. The summed E-state index contributed by atoms with van der Waals surface area (Å²) in [5.41, 5.74) is 1.06. The minimum absolute atomic E-state index is 0.204. The molecule has 0 atom stereocenters. The van der Waals surface area contributed by atoms with Crippen molar-refractivity contribution in [1.29, 1.82) is 0 Å². The van der Waals surface area contributed by atoms with E-state index in [1.54, 1.807) is 18.2 Å². The van der Waals surface area contributed by atoms with Gasteiger partial charge in [-0.1, -0.05) is 25.1 Å². The molecule has 0 unspecified atom stereocenters. The first kappa shape index (κ1) is 13.3. The largest absolute Gasteiger partial charge is 0.289 e. The number of hydrogen-bond acceptors (Lipinski definition) is 1. The maximum absolute atomic E-state index is 13.1. The van der Waals surface area contributed by atoms with Crippen LogP contribution in [0.5, 0.6) is 0 Å². The van der Waals surface area contributed by atoms with Crippen LogP contribution in [0.4, 0.5) is 13.2 Å². The van der Waals surface area contributed by atoms with Gasteiger partial charge in [-0.2, -0.15) is 0 Å². The van der Waals surface area contributed by atoms with Crippen molar-refractivity contribution >= 4 is 5.78 Å². The summed E-state index contributed by atoms with van der Waals surface area (Å²) in [5.74, 6) is -4.84. The first-order valence-electron chi connectivity index (χ1n) is 5.81. The molecule has 0 aliphatic heterocycles. The lowest BCUT2D eigenvalue weighted by molar-refractivity contribution is 0.103. The molecule has 98 valence electrons. The van der Waals surface area contributed by atoms with E-state index in [1.165, 1.54) is 0 Å². The van der Waals surface area contributed by atoms with Crippen LogP contribution < -0.4 is 0 Å². The number of benzene rings is 2. The van der Waals surface area contributed by atoms with E-state index in [1.807, 2.05) is 13.0 Å². The summed E-state index contributed by atoms with van der Waals surface area (Å²) in [5, 5.41) is 0. The lowest BCUT2D eigenvalue weighted by Crippen LogP contribution is -2.05. The zero-order valence-electron chi connectivity index (χ0n) is 10.2. The minimum atomic E-state index is -1.57. The number of carbonyl (C=O) groups excluding carboxylic acids is 1. The van der Waals surface area contributed by atoms with Crippen LogP contribution in [0.15, 0.2) is 36.4 Å². The van der Waals surface area contributed by atoms with E-state index in [0.29, 0.717) is 17.7 Å². The second-order valence-electron chi connectivity index (χ2n) is 4.14. The molecule has 2 aromatic carbocycles. The van der Waals surface area contributed by atoms with Gasteiger partial charge in [0.2, 0.25) is 0 Å². The number of carbonyl (C=O) groups is 1. The van der Waals surface area contributed by atoms with E-state index in [-0.39, 0.29) is 5.56 Å². The number of rotatable bonds is 3. The van der Waals surface area contributed by atoms with Gasteiger partial charge < -0.3 is 0 Å². The van der Waals surface area contributed by atoms with Gasteiger partial charge in [0.15, 0.2) is 23.2 Å². The smallest absolute Gasteiger partial charge is 0.194 e. The van der Waals surface area contributed by atoms with Gasteiger partial charge in [-0.3, -0.25) is 4.79 Å². The number of ketones is 1. The van der Waals surface area contributed by atoms with Crippen molar-refractivity contribution in [2.75, 3.05) is 0 Å². The van der Waals surface area contributed by atoms with Crippen molar-refractivity contribution in [1.82, 2.24) is 0 Å². The van der Waals surface area contributed by atoms with Crippen molar-refractivity contribution in [3.05, 3.63) is 70.5 Å². The van der Waals surface area contributed by atoms with Crippen molar-refractivity contribution in [3.63, 3.8) is 0 Å². The fourth-order valence-corrected chi connectivity index (χ4v) is 1.79. The molecular formula is C15H11F3O. The summed E-state index contributed by atoms with van der Waals surface area (Å²) in [4.78, 5) is 12.1. The standard InChI is InChI=1S/C15H11F3O/c1-2-9-4-3-5-10(6-9)15(19)11-7-12(16)14(18)13(17)8-11/h3-8H,2H2,1H3. The van der Waals surface area contributed by atoms with Crippen molar-refractivity contribution in [3.8, 4) is 0 Å². The maximum Gasteiger partial charge on any atom is 0.194 e. The highest BCUT2D eigenvalue weighted by Gasteiger charge is 2.16. The van der Waals surface area contributed by atoms with Gasteiger partial charge in [-0.25, -0.2) is 13.2 Å². The fourth-order valence-electron chi connectivity index (χ4n) is 1.79. The molecule has 0 radical (unpaired) electrons. The highest BCUT2D eigenvalue weighted by molar-refractivity contribution is 6.09. The van der Waals surface area contributed by atoms with Gasteiger partial charge in [-0.05, 0) is 30.2 Å². The molecule has 2 rings (SSSR count). The predicted molar refractivity (Wildman–Crippen MR) is 65.6 cm³/mol. The summed E-state index contributed by atoms with van der Waals surface area (Å²) in [6.45, 7) is 1.93. The zero-order valence-corrected chi connectivity index (χ0v) is 10.2. The highest BCUT2D eigenvalue weighted by atomic mass is 19.2. The van der Waals surface area contributed by atoms with Crippen LogP contribution >= 0.6 is 0 Å². The number of hydrogen-bond donors (Lipinski definition) is 0. The van der Waals surface area contributed by atoms with Gasteiger partial charge in [0.05, 0.1) is 0 Å². The topological polar surface area (TPSA) is 17.1 Å². The Hall–Kier alpha value is -2.10. The molecule has 0 fully saturated rings. The average Bonchev–Trinajstić information content (AvgIpc) is 2.43. The Kier molecular flexibility index (Phi) is 3.69. The van der Waals surface area contributed by atoms with E-state index >= 15 is 0 Å². The third-order valence-corrected chi connectivity index (χ3v) is 2.84. The molecule has 0 aromatic heterocycles. The van der Waals surface area contributed by atoms with Crippen LogP contribution in [0.1, 0.15) is 28.4 Å². The molecule has 0 heterocycles. The molecule has 0 N–H and O–H groups in total. The fraction of sp³-hybridized carbons (Fsp3) is 0.133. The van der Waals surface area contributed by atoms with Crippen molar-refractivity contribution in [2.45, 2.75) is 13.3 Å². The Morgan fingerprint density at radius 1 is 1.00 bits per heavy atom. The van der Waals surface area contributed by atoms with E-state index < -0.39 is 23.2 Å². The quantitative estimate of drug-likeness (QED) is 0.607. The first-order valence-corrected chi connectivity index (χ1v) is 5.81. The third-order valence-electron chi connectivity index (χ3n) is 2.84. The molecule has 0 saturated carbocycles. The van der Waals surface area contributed by atoms with Crippen LogP contribution in [-0.2, 0) is 6.42 Å². The Morgan fingerprint density at radius 3 is 2.21 bits per heavy atom. The van der Waals surface area contributed by atoms with Gasteiger partial charge >= 0.3 is 0 Å². The monoisotopic (exact) mass is 264 g/mol. The van der Waals surface area contributed by atoms with Gasteiger partial charge in [0.25, 0.3) is 0 Å². The van der Waals surface area contributed by atoms with E-state index in [4.69, 9.17) is 0 Å². The third kappa shape index (κ3) is 2.67. The molecule has 19 heavy (non-hydrogen) atoms. The van der Waals surface area contributed by atoms with Crippen LogP contribution in [0.2, 0.25) is 0 Å². The Morgan fingerprint density at radius 2 is 1.63 bits per heavy atom. The average molecular weight is 264 g/mol. The van der Waals surface area contributed by atoms with Gasteiger partial charge in [0, 0.05) is 11.1 Å². The second kappa shape index (κ2) is 5.26. The molecule has 0 aliphatic rings. The molecule has 2 aromatic rings. The molecule has 0 aliphatic carbocycles. The molecule has 0 bridgehead atoms. The molecule has 0 saturated heterocycles. The van der Waals surface area contributed by atoms with Crippen LogP contribution in [0.3, 0.4) is 0 Å². The summed E-state index contributed by atoms with van der Waals surface area (Å²) in [6.07, 6.45) is 0.743. The van der Waals surface area contributed by atoms with Crippen LogP contribution in [0.25, 0.3) is 0 Å². The summed E-state index contributed by atoms with van der Waals surface area (Å²) >= 11 is 0. The Balaban J connectivity index is 2.44. The van der Waals surface area contributed by atoms with Gasteiger partial charge in [0.1, 0.15) is 0 Å². The predicted octanol–water partition coefficient (Wildman–Crippen LogP) is 3.90. The molecule has 0 spiro atoms. The minimum Gasteiger partial charge on any atom is -0.289 e. The van der Waals surface area contributed by atoms with Crippen LogP contribution in [-0.4, -0.2) is 5.78 Å². The number of halogens is 3. The van der Waals surface area contributed by atoms with E-state index in [0.717, 1.165) is 12.0 Å². The van der Waals surface area contributed by atoms with E-state index in [9.17, 15) is 18.0 Å². The Labute approximate surface area is 108 Å². The van der Waals surface area contributed by atoms with Crippen molar-refractivity contribution in [2.24, 2.45) is 0 Å². The first-order chi connectivity index (χ1) is 9.02. The van der Waals surface area contributed by atoms with E-state index in [2.05, 4.69) is 0 Å². The zero-order chi connectivity index (χ0) is 14.0. The van der Waals surface area contributed by atoms with Crippen LogP contribution in [0, 0.1) is 17.5 Å². The summed E-state index contributed by atoms with van der Waals surface area (Å²) in [7, 11) is 0. The normalized spacial score (nSPS) is 10.5. The second-order valence-corrected chi connectivity index (χ2v) is 4.14. The maximum atomic E-state index is 13.1. The Bertz CT molecular complexity index is 612. The SMILES string of the molecule is CCc1cccc(C(=O)c2cc(F)c(F)c(F)c2)c1. The summed E-state index contributed by atoms with van der Waals surface area (Å²) < 4.78 is 39.0. The number of aryl methyl sites for hydroxylation is 1. The lowest BCUT2D eigenvalue weighted by atomic mass is 10.0. The highest BCUT2D eigenvalue weighted by Crippen LogP contribution is 2.17.